The summed E-state index contributed by atoms with van der Waals surface area (Å²) >= 11 is 1.65. The molecule has 1 atom stereocenters. The lowest BCUT2D eigenvalue weighted by molar-refractivity contribution is 0.277. The topological polar surface area (TPSA) is 32.3 Å². The molecule has 0 bridgehead atoms. The molecule has 1 aromatic heterocycles. The highest BCUT2D eigenvalue weighted by molar-refractivity contribution is 7.12. The van der Waals surface area contributed by atoms with E-state index in [-0.39, 0.29) is 18.5 Å². The molecule has 0 radical (unpaired) electrons. The van der Waals surface area contributed by atoms with Gasteiger partial charge < -0.3 is 10.4 Å². The predicted molar refractivity (Wildman–Crippen MR) is 73.5 cm³/mol. The Morgan fingerprint density at radius 1 is 1.28 bits per heavy atom. The first-order chi connectivity index (χ1) is 8.74. The minimum absolute atomic E-state index is 0.0575. The fourth-order valence-electron chi connectivity index (χ4n) is 1.74. The van der Waals surface area contributed by atoms with E-state index < -0.39 is 0 Å². The highest BCUT2D eigenvalue weighted by Gasteiger charge is 2.14. The zero-order chi connectivity index (χ0) is 13.0. The fraction of sp³-hybridized carbons (Fsp3) is 0.286. The van der Waals surface area contributed by atoms with Gasteiger partial charge in [-0.2, -0.15) is 0 Å². The molecule has 0 aliphatic heterocycles. The van der Waals surface area contributed by atoms with Crippen molar-refractivity contribution in [2.75, 3.05) is 11.9 Å². The number of benzene rings is 1. The predicted octanol–water partition coefficient (Wildman–Crippen LogP) is 3.60. The molecule has 2 aromatic rings. The second kappa shape index (κ2) is 5.98. The van der Waals surface area contributed by atoms with E-state index in [1.807, 2.05) is 12.1 Å². The molecule has 4 heteroatoms. The monoisotopic (exact) mass is 265 g/mol. The summed E-state index contributed by atoms with van der Waals surface area (Å²) < 4.78 is 13.5. The van der Waals surface area contributed by atoms with Crippen molar-refractivity contribution in [3.63, 3.8) is 0 Å². The van der Waals surface area contributed by atoms with Crippen LogP contribution in [0.5, 0.6) is 0 Å². The van der Waals surface area contributed by atoms with Crippen molar-refractivity contribution in [3.05, 3.63) is 52.0 Å². The van der Waals surface area contributed by atoms with E-state index >= 15 is 0 Å². The zero-order valence-electron chi connectivity index (χ0n) is 10.2. The number of thiophene rings is 1. The second-order valence-electron chi connectivity index (χ2n) is 4.02. The molecule has 2 nitrogen and oxygen atoms in total. The van der Waals surface area contributed by atoms with Gasteiger partial charge in [0.1, 0.15) is 5.82 Å². The molecule has 0 spiro atoms. The van der Waals surface area contributed by atoms with E-state index in [9.17, 15) is 9.50 Å². The molecule has 0 aliphatic carbocycles. The Labute approximate surface area is 110 Å². The molecule has 1 aromatic carbocycles. The van der Waals surface area contributed by atoms with E-state index in [4.69, 9.17) is 0 Å². The van der Waals surface area contributed by atoms with Crippen LogP contribution >= 0.6 is 11.3 Å². The Kier molecular flexibility index (Phi) is 4.33. The van der Waals surface area contributed by atoms with Crippen molar-refractivity contribution in [1.82, 2.24) is 0 Å². The van der Waals surface area contributed by atoms with Crippen molar-refractivity contribution in [2.45, 2.75) is 19.4 Å². The number of anilines is 1. The molecule has 2 rings (SSSR count). The molecular formula is C14H16FNOS. The molecule has 2 N–H and O–H groups in total. The molecule has 18 heavy (non-hydrogen) atoms. The van der Waals surface area contributed by atoms with Crippen LogP contribution in [-0.2, 0) is 6.42 Å². The maximum absolute atomic E-state index is 13.5. The Bertz CT molecular complexity index is 512. The van der Waals surface area contributed by atoms with Gasteiger partial charge >= 0.3 is 0 Å². The lowest BCUT2D eigenvalue weighted by Gasteiger charge is -2.16. The van der Waals surface area contributed by atoms with Crippen LogP contribution in [0.2, 0.25) is 0 Å². The number of aliphatic hydroxyl groups is 1. The lowest BCUT2D eigenvalue weighted by Crippen LogP contribution is -2.14. The Morgan fingerprint density at radius 2 is 2.06 bits per heavy atom. The number of hydrogen-bond donors (Lipinski definition) is 2. The second-order valence-corrected chi connectivity index (χ2v) is 5.22. The van der Waals surface area contributed by atoms with E-state index in [1.165, 1.54) is 10.9 Å². The summed E-state index contributed by atoms with van der Waals surface area (Å²) in [6.07, 6.45) is 0.975. The zero-order valence-corrected chi connectivity index (χ0v) is 11.0. The fourth-order valence-corrected chi connectivity index (χ4v) is 2.74. The summed E-state index contributed by atoms with van der Waals surface area (Å²) in [7, 11) is 0. The molecule has 0 fully saturated rings. The highest BCUT2D eigenvalue weighted by atomic mass is 32.1. The molecule has 0 saturated heterocycles. The van der Waals surface area contributed by atoms with Gasteiger partial charge in [-0.25, -0.2) is 4.39 Å². The third kappa shape index (κ3) is 2.89. The van der Waals surface area contributed by atoms with Crippen LogP contribution in [-0.4, -0.2) is 11.7 Å². The van der Waals surface area contributed by atoms with Crippen molar-refractivity contribution in [1.29, 1.82) is 0 Å². The SMILES string of the molecule is CCc1ccc(C(CO)Nc2ccccc2F)s1. The standard InChI is InChI=1S/C14H16FNOS/c1-2-10-7-8-14(18-10)13(9-17)16-12-6-4-3-5-11(12)15/h3-8,13,16-17H,2,9H2,1H3. The van der Waals surface area contributed by atoms with Gasteiger partial charge in [0.15, 0.2) is 0 Å². The molecular weight excluding hydrogens is 249 g/mol. The van der Waals surface area contributed by atoms with Crippen LogP contribution in [0.3, 0.4) is 0 Å². The van der Waals surface area contributed by atoms with Gasteiger partial charge in [0.25, 0.3) is 0 Å². The van der Waals surface area contributed by atoms with Gasteiger partial charge in [-0.15, -0.1) is 11.3 Å². The Balaban J connectivity index is 2.17. The summed E-state index contributed by atoms with van der Waals surface area (Å²) in [5.74, 6) is -0.303. The summed E-state index contributed by atoms with van der Waals surface area (Å²) in [5, 5.41) is 12.5. The van der Waals surface area contributed by atoms with Crippen molar-refractivity contribution < 1.29 is 9.50 Å². The minimum atomic E-state index is -0.303. The lowest BCUT2D eigenvalue weighted by atomic mass is 10.2. The van der Waals surface area contributed by atoms with Gasteiger partial charge in [-0.3, -0.25) is 0 Å². The van der Waals surface area contributed by atoms with Crippen molar-refractivity contribution in [3.8, 4) is 0 Å². The maximum Gasteiger partial charge on any atom is 0.146 e. The van der Waals surface area contributed by atoms with Gasteiger partial charge in [0.05, 0.1) is 18.3 Å². The smallest absolute Gasteiger partial charge is 0.146 e. The first kappa shape index (κ1) is 13.1. The largest absolute Gasteiger partial charge is 0.394 e. The molecule has 1 heterocycles. The maximum atomic E-state index is 13.5. The molecule has 1 unspecified atom stereocenters. The average molecular weight is 265 g/mol. The van der Waals surface area contributed by atoms with Gasteiger partial charge in [-0.05, 0) is 30.7 Å². The van der Waals surface area contributed by atoms with E-state index in [2.05, 4.69) is 12.2 Å². The quantitative estimate of drug-likeness (QED) is 0.866. The normalized spacial score (nSPS) is 12.4. The third-order valence-electron chi connectivity index (χ3n) is 2.76. The Morgan fingerprint density at radius 3 is 2.67 bits per heavy atom. The van der Waals surface area contributed by atoms with Crippen LogP contribution in [0.25, 0.3) is 0 Å². The van der Waals surface area contributed by atoms with Gasteiger partial charge in [0, 0.05) is 9.75 Å². The molecule has 0 saturated carbocycles. The number of aliphatic hydroxyl groups excluding tert-OH is 1. The number of hydrogen-bond acceptors (Lipinski definition) is 3. The van der Waals surface area contributed by atoms with Crippen LogP contribution in [0, 0.1) is 5.82 Å². The minimum Gasteiger partial charge on any atom is -0.394 e. The summed E-state index contributed by atoms with van der Waals surface area (Å²) in [5.41, 5.74) is 0.419. The van der Waals surface area contributed by atoms with Gasteiger partial charge in [-0.1, -0.05) is 19.1 Å². The number of para-hydroxylation sites is 1. The van der Waals surface area contributed by atoms with E-state index in [0.717, 1.165) is 11.3 Å². The summed E-state index contributed by atoms with van der Waals surface area (Å²) in [4.78, 5) is 2.29. The molecule has 0 amide bonds. The molecule has 0 aliphatic rings. The first-order valence-electron chi connectivity index (χ1n) is 5.95. The van der Waals surface area contributed by atoms with Gasteiger partial charge in [0.2, 0.25) is 0 Å². The van der Waals surface area contributed by atoms with Crippen LogP contribution in [0.15, 0.2) is 36.4 Å². The first-order valence-corrected chi connectivity index (χ1v) is 6.76. The van der Waals surface area contributed by atoms with Crippen LogP contribution < -0.4 is 5.32 Å². The van der Waals surface area contributed by atoms with E-state index in [0.29, 0.717) is 5.69 Å². The third-order valence-corrected chi connectivity index (χ3v) is 4.10. The average Bonchev–Trinajstić information content (AvgIpc) is 2.86. The summed E-state index contributed by atoms with van der Waals surface area (Å²) in [6, 6.07) is 10.3. The molecule has 96 valence electrons. The Hall–Kier alpha value is -1.39. The number of rotatable bonds is 5. The van der Waals surface area contributed by atoms with Crippen molar-refractivity contribution >= 4 is 17.0 Å². The summed E-state index contributed by atoms with van der Waals surface area (Å²) in [6.45, 7) is 2.03. The van der Waals surface area contributed by atoms with Crippen LogP contribution in [0.4, 0.5) is 10.1 Å². The van der Waals surface area contributed by atoms with Crippen LogP contribution in [0.1, 0.15) is 22.7 Å². The van der Waals surface area contributed by atoms with Crippen molar-refractivity contribution in [2.24, 2.45) is 0 Å². The number of aryl methyl sites for hydroxylation is 1. The highest BCUT2D eigenvalue weighted by Crippen LogP contribution is 2.27. The number of halogens is 1. The number of nitrogens with one attached hydrogen (secondary N) is 1. The van der Waals surface area contributed by atoms with E-state index in [1.54, 1.807) is 29.5 Å².